The number of aromatic nitrogens is 2. The van der Waals surface area contributed by atoms with Gasteiger partial charge in [-0.25, -0.2) is 4.98 Å². The number of carbonyl (C=O) groups is 1. The Bertz CT molecular complexity index is 707. The molecule has 2 rings (SSSR count). The minimum absolute atomic E-state index is 0.186. The molecule has 1 aromatic heterocycles. The average molecular weight is 341 g/mol. The van der Waals surface area contributed by atoms with E-state index in [0.29, 0.717) is 18.9 Å². The third-order valence-electron chi connectivity index (χ3n) is 4.54. The number of rotatable bonds is 7. The van der Waals surface area contributed by atoms with Crippen molar-refractivity contribution in [3.05, 3.63) is 52.6 Å². The van der Waals surface area contributed by atoms with Crippen molar-refractivity contribution in [2.45, 2.75) is 61.1 Å². The second kappa shape index (κ2) is 8.32. The fourth-order valence-corrected chi connectivity index (χ4v) is 3.35. The van der Waals surface area contributed by atoms with Crippen LogP contribution in [0.4, 0.5) is 0 Å². The van der Waals surface area contributed by atoms with Crippen LogP contribution in [0.15, 0.2) is 24.5 Å². The van der Waals surface area contributed by atoms with Crippen LogP contribution in [0.25, 0.3) is 0 Å². The van der Waals surface area contributed by atoms with Gasteiger partial charge in [0, 0.05) is 31.9 Å². The van der Waals surface area contributed by atoms with Crippen molar-refractivity contribution in [3.63, 3.8) is 0 Å². The fourth-order valence-electron chi connectivity index (χ4n) is 3.35. The maximum atomic E-state index is 12.3. The minimum Gasteiger partial charge on any atom is -0.335 e. The Morgan fingerprint density at radius 1 is 1.20 bits per heavy atom. The average Bonchev–Trinajstić information content (AvgIpc) is 2.96. The van der Waals surface area contributed by atoms with Gasteiger partial charge in [0.1, 0.15) is 5.82 Å². The molecule has 1 heterocycles. The van der Waals surface area contributed by atoms with Crippen LogP contribution in [0.1, 0.15) is 55.3 Å². The summed E-state index contributed by atoms with van der Waals surface area (Å²) >= 11 is 0. The largest absolute Gasteiger partial charge is 0.335 e. The predicted molar refractivity (Wildman–Crippen MR) is 103 cm³/mol. The smallest absolute Gasteiger partial charge is 0.222 e. The zero-order chi connectivity index (χ0) is 18.6. The normalized spacial score (nSPS) is 11.2. The lowest BCUT2D eigenvalue weighted by Crippen LogP contribution is -2.34. The summed E-state index contributed by atoms with van der Waals surface area (Å²) < 4.78 is 2.17. The van der Waals surface area contributed by atoms with Crippen molar-refractivity contribution >= 4 is 5.91 Å². The Morgan fingerprint density at radius 3 is 2.40 bits per heavy atom. The van der Waals surface area contributed by atoms with Crippen LogP contribution in [-0.2, 0) is 17.9 Å². The van der Waals surface area contributed by atoms with E-state index in [2.05, 4.69) is 56.3 Å². The molecule has 25 heavy (non-hydrogen) atoms. The number of benzene rings is 1. The van der Waals surface area contributed by atoms with Gasteiger partial charge in [-0.1, -0.05) is 38.5 Å². The van der Waals surface area contributed by atoms with E-state index in [4.69, 9.17) is 0 Å². The second-order valence-electron chi connectivity index (χ2n) is 7.37. The highest BCUT2D eigenvalue weighted by molar-refractivity contribution is 5.75. The topological polar surface area (TPSA) is 38.1 Å². The van der Waals surface area contributed by atoms with Gasteiger partial charge >= 0.3 is 0 Å². The summed E-state index contributed by atoms with van der Waals surface area (Å²) in [5.74, 6) is 1.58. The van der Waals surface area contributed by atoms with Crippen molar-refractivity contribution in [2.24, 2.45) is 5.92 Å². The molecule has 136 valence electrons. The van der Waals surface area contributed by atoms with E-state index in [0.717, 1.165) is 18.9 Å². The molecular weight excluding hydrogens is 310 g/mol. The Labute approximate surface area is 151 Å². The van der Waals surface area contributed by atoms with Gasteiger partial charge in [-0.3, -0.25) is 4.79 Å². The molecule has 0 aliphatic rings. The Balaban J connectivity index is 2.24. The number of aryl methyl sites for hydroxylation is 3. The molecule has 4 nitrogen and oxygen atoms in total. The lowest BCUT2D eigenvalue weighted by Gasteiger charge is -2.24. The Morgan fingerprint density at radius 2 is 1.84 bits per heavy atom. The van der Waals surface area contributed by atoms with Crippen LogP contribution in [-0.4, -0.2) is 26.9 Å². The van der Waals surface area contributed by atoms with Gasteiger partial charge < -0.3 is 9.47 Å². The molecule has 0 aliphatic carbocycles. The first kappa shape index (κ1) is 19.2. The molecule has 0 fully saturated rings. The van der Waals surface area contributed by atoms with Gasteiger partial charge in [-0.15, -0.1) is 0 Å². The van der Waals surface area contributed by atoms with Gasteiger partial charge in [-0.05, 0) is 43.4 Å². The van der Waals surface area contributed by atoms with Gasteiger partial charge in [0.2, 0.25) is 5.91 Å². The highest BCUT2D eigenvalue weighted by Crippen LogP contribution is 2.19. The maximum absolute atomic E-state index is 12.3. The van der Waals surface area contributed by atoms with Crippen LogP contribution in [0, 0.1) is 26.7 Å². The van der Waals surface area contributed by atoms with Gasteiger partial charge in [0.15, 0.2) is 0 Å². The molecule has 0 radical (unpaired) electrons. The summed E-state index contributed by atoms with van der Waals surface area (Å²) in [6.07, 6.45) is 4.37. The molecule has 1 amide bonds. The van der Waals surface area contributed by atoms with E-state index < -0.39 is 0 Å². The third-order valence-corrected chi connectivity index (χ3v) is 4.54. The molecule has 0 N–H and O–H groups in total. The SMILES string of the molecule is CCC(=O)N(Cc1nccn1Cc1c(C)cc(C)cc1C)CC(C)C. The van der Waals surface area contributed by atoms with Crippen LogP contribution in [0.3, 0.4) is 0 Å². The van der Waals surface area contributed by atoms with E-state index in [1.165, 1.54) is 22.3 Å². The van der Waals surface area contributed by atoms with Crippen LogP contribution in [0.5, 0.6) is 0 Å². The predicted octanol–water partition coefficient (Wildman–Crippen LogP) is 4.25. The number of imidazole rings is 1. The number of hydrogen-bond acceptors (Lipinski definition) is 2. The van der Waals surface area contributed by atoms with Crippen molar-refractivity contribution in [1.29, 1.82) is 0 Å². The Hall–Kier alpha value is -2.10. The molecule has 0 atom stereocenters. The van der Waals surface area contributed by atoms with E-state index in [9.17, 15) is 4.79 Å². The van der Waals surface area contributed by atoms with Crippen LogP contribution >= 0.6 is 0 Å². The lowest BCUT2D eigenvalue weighted by atomic mass is 10.00. The first-order valence-electron chi connectivity index (χ1n) is 9.16. The Kier molecular flexibility index (Phi) is 6.40. The first-order valence-corrected chi connectivity index (χ1v) is 9.16. The first-order chi connectivity index (χ1) is 11.8. The monoisotopic (exact) mass is 341 g/mol. The lowest BCUT2D eigenvalue weighted by molar-refractivity contribution is -0.132. The van der Waals surface area contributed by atoms with E-state index >= 15 is 0 Å². The van der Waals surface area contributed by atoms with Crippen molar-refractivity contribution in [1.82, 2.24) is 14.5 Å². The molecule has 0 spiro atoms. The van der Waals surface area contributed by atoms with E-state index in [-0.39, 0.29) is 5.91 Å². The summed E-state index contributed by atoms with van der Waals surface area (Å²) in [4.78, 5) is 18.7. The zero-order valence-corrected chi connectivity index (χ0v) is 16.5. The molecular formula is C21H31N3O. The molecule has 0 aliphatic heterocycles. The van der Waals surface area contributed by atoms with Crippen molar-refractivity contribution in [2.75, 3.05) is 6.54 Å². The third kappa shape index (κ3) is 4.94. The van der Waals surface area contributed by atoms with Crippen LogP contribution < -0.4 is 0 Å². The molecule has 0 saturated heterocycles. The molecule has 0 saturated carbocycles. The standard InChI is InChI=1S/C21H31N3O/c1-7-21(25)24(12-15(2)3)14-20-22-8-9-23(20)13-19-17(5)10-16(4)11-18(19)6/h8-11,15H,7,12-14H2,1-6H3. The zero-order valence-electron chi connectivity index (χ0n) is 16.5. The number of carbonyl (C=O) groups excluding carboxylic acids is 1. The molecule has 0 bridgehead atoms. The molecule has 2 aromatic rings. The highest BCUT2D eigenvalue weighted by atomic mass is 16.2. The quantitative estimate of drug-likeness (QED) is 0.755. The fraction of sp³-hybridized carbons (Fsp3) is 0.524. The number of amides is 1. The molecule has 0 unspecified atom stereocenters. The molecule has 1 aromatic carbocycles. The van der Waals surface area contributed by atoms with Gasteiger partial charge in [-0.2, -0.15) is 0 Å². The number of nitrogens with zero attached hydrogens (tertiary/aromatic N) is 3. The van der Waals surface area contributed by atoms with Gasteiger partial charge in [0.05, 0.1) is 6.54 Å². The number of hydrogen-bond donors (Lipinski definition) is 0. The summed E-state index contributed by atoms with van der Waals surface area (Å²) in [5, 5.41) is 0. The van der Waals surface area contributed by atoms with Crippen molar-refractivity contribution in [3.8, 4) is 0 Å². The maximum Gasteiger partial charge on any atom is 0.222 e. The highest BCUT2D eigenvalue weighted by Gasteiger charge is 2.17. The minimum atomic E-state index is 0.186. The summed E-state index contributed by atoms with van der Waals surface area (Å²) in [5.41, 5.74) is 5.24. The van der Waals surface area contributed by atoms with E-state index in [1.54, 1.807) is 0 Å². The summed E-state index contributed by atoms with van der Waals surface area (Å²) in [7, 11) is 0. The summed E-state index contributed by atoms with van der Waals surface area (Å²) in [6.45, 7) is 14.8. The van der Waals surface area contributed by atoms with Crippen LogP contribution in [0.2, 0.25) is 0 Å². The van der Waals surface area contributed by atoms with Gasteiger partial charge in [0.25, 0.3) is 0 Å². The second-order valence-corrected chi connectivity index (χ2v) is 7.37. The molecule has 4 heteroatoms. The summed E-state index contributed by atoms with van der Waals surface area (Å²) in [6, 6.07) is 4.45. The van der Waals surface area contributed by atoms with E-state index in [1.807, 2.05) is 24.2 Å². The van der Waals surface area contributed by atoms with Crippen molar-refractivity contribution < 1.29 is 4.79 Å².